The van der Waals surface area contributed by atoms with Gasteiger partial charge < -0.3 is 11.1 Å². The molecule has 0 unspecified atom stereocenters. The van der Waals surface area contributed by atoms with Gasteiger partial charge in [-0.25, -0.2) is 0 Å². The van der Waals surface area contributed by atoms with Crippen molar-refractivity contribution in [2.75, 3.05) is 18.6 Å². The highest BCUT2D eigenvalue weighted by Crippen LogP contribution is 2.09. The van der Waals surface area contributed by atoms with E-state index in [-0.39, 0.29) is 23.8 Å². The topological polar surface area (TPSA) is 170 Å². The van der Waals surface area contributed by atoms with Crippen molar-refractivity contribution in [3.8, 4) is 0 Å². The molecule has 1 aromatic carbocycles. The Morgan fingerprint density at radius 3 is 1.80 bits per heavy atom. The van der Waals surface area contributed by atoms with E-state index in [1.807, 2.05) is 36.4 Å². The Labute approximate surface area is 209 Å². The number of carbonyl (C=O) groups is 2. The molecule has 1 aromatic rings. The maximum atomic E-state index is 10.9. The second-order valence-electron chi connectivity index (χ2n) is 7.01. The second kappa shape index (κ2) is 19.3. The van der Waals surface area contributed by atoms with Crippen LogP contribution >= 0.6 is 0 Å². The molecular formula is C23H36N2O8S2. The molecular weight excluding hydrogens is 496 g/mol. The fourth-order valence-electron chi connectivity index (χ4n) is 1.63. The first-order chi connectivity index (χ1) is 16.0. The largest absolute Gasteiger partial charge is 0.366 e. The van der Waals surface area contributed by atoms with E-state index in [4.69, 9.17) is 4.55 Å². The highest BCUT2D eigenvalue weighted by Gasteiger charge is 2.21. The fourth-order valence-corrected chi connectivity index (χ4v) is 2.83. The Morgan fingerprint density at radius 1 is 1.06 bits per heavy atom. The molecule has 2 amide bonds. The summed E-state index contributed by atoms with van der Waals surface area (Å²) in [5.74, 6) is -1.35. The van der Waals surface area contributed by atoms with Crippen LogP contribution in [0.1, 0.15) is 25.8 Å². The van der Waals surface area contributed by atoms with E-state index in [0.717, 1.165) is 19.3 Å². The van der Waals surface area contributed by atoms with E-state index in [2.05, 4.69) is 41.5 Å². The van der Waals surface area contributed by atoms with Gasteiger partial charge in [-0.1, -0.05) is 62.2 Å². The SMILES string of the molecule is C=CC(=O)NC(C)(C)CCS(=O)(=O)O.C=CC(N)=O.C=CCS(=O)(=O)OC.C=Cc1ccccc1. The molecule has 0 atom stereocenters. The molecule has 0 heterocycles. The van der Waals surface area contributed by atoms with Crippen LogP contribution in [0.15, 0.2) is 74.9 Å². The monoisotopic (exact) mass is 532 g/mol. The molecule has 0 fully saturated rings. The van der Waals surface area contributed by atoms with Crippen molar-refractivity contribution in [2.24, 2.45) is 5.73 Å². The van der Waals surface area contributed by atoms with E-state index in [1.165, 1.54) is 11.6 Å². The molecule has 198 valence electrons. The van der Waals surface area contributed by atoms with E-state index >= 15 is 0 Å². The Balaban J connectivity index is -0.000000419. The van der Waals surface area contributed by atoms with Gasteiger partial charge in [-0.3, -0.25) is 18.3 Å². The number of rotatable bonds is 10. The third-order valence-electron chi connectivity index (χ3n) is 3.44. The molecule has 0 saturated heterocycles. The molecule has 10 nitrogen and oxygen atoms in total. The summed E-state index contributed by atoms with van der Waals surface area (Å²) in [7, 11) is -6.14. The first-order valence-corrected chi connectivity index (χ1v) is 13.1. The van der Waals surface area contributed by atoms with Gasteiger partial charge in [0.2, 0.25) is 11.8 Å². The average molecular weight is 533 g/mol. The molecule has 0 aromatic heterocycles. The van der Waals surface area contributed by atoms with Crippen LogP contribution in [0.25, 0.3) is 6.08 Å². The number of nitrogens with two attached hydrogens (primary N) is 1. The van der Waals surface area contributed by atoms with Crippen LogP contribution in [0.2, 0.25) is 0 Å². The maximum Gasteiger partial charge on any atom is 0.270 e. The van der Waals surface area contributed by atoms with Gasteiger partial charge in [-0.05, 0) is 38.0 Å². The van der Waals surface area contributed by atoms with Gasteiger partial charge in [0.05, 0.1) is 18.6 Å². The summed E-state index contributed by atoms with van der Waals surface area (Å²) in [5.41, 5.74) is 5.03. The number of benzene rings is 1. The van der Waals surface area contributed by atoms with Crippen molar-refractivity contribution in [3.05, 3.63) is 80.4 Å². The first-order valence-electron chi connectivity index (χ1n) is 9.87. The summed E-state index contributed by atoms with van der Waals surface area (Å²) in [6.07, 6.45) is 5.42. The standard InChI is InChI=1S/C8H15NO4S.C8H8.C4H8O3S.C3H5NO/c1-4-7(10)9-8(2,3)5-6-14(11,12)13;1-2-8-6-4-3-5-7-8;1-3-4-8(5,6)7-2;1-2-3(4)5/h4H,1,5-6H2,2-3H3,(H,9,10)(H,11,12,13);2-7H,1H2;3H,1,4H2,2H3;2H,1H2,(H2,4,5). The summed E-state index contributed by atoms with van der Waals surface area (Å²) in [6.45, 7) is 16.6. The molecule has 1 rings (SSSR count). The van der Waals surface area contributed by atoms with Crippen LogP contribution in [0.5, 0.6) is 0 Å². The Morgan fingerprint density at radius 2 is 1.54 bits per heavy atom. The Hall–Kier alpha value is -3.06. The molecule has 35 heavy (non-hydrogen) atoms. The van der Waals surface area contributed by atoms with Crippen LogP contribution in [-0.2, 0) is 34.0 Å². The zero-order valence-corrected chi connectivity index (χ0v) is 22.0. The van der Waals surface area contributed by atoms with Crippen LogP contribution in [0, 0.1) is 0 Å². The first kappa shape index (κ1) is 36.5. The molecule has 0 aliphatic carbocycles. The lowest BCUT2D eigenvalue weighted by Gasteiger charge is -2.24. The van der Waals surface area contributed by atoms with Gasteiger partial charge >= 0.3 is 0 Å². The minimum Gasteiger partial charge on any atom is -0.366 e. The van der Waals surface area contributed by atoms with Crippen molar-refractivity contribution in [3.63, 3.8) is 0 Å². The normalized spacial score (nSPS) is 10.3. The molecule has 0 aliphatic rings. The van der Waals surface area contributed by atoms with Gasteiger partial charge in [-0.15, -0.1) is 6.58 Å². The third kappa shape index (κ3) is 28.9. The fraction of sp³-hybridized carbons (Fsp3) is 0.304. The number of nitrogens with one attached hydrogen (secondary N) is 1. The number of amides is 2. The number of primary amides is 1. The maximum absolute atomic E-state index is 10.9. The van der Waals surface area contributed by atoms with Crippen molar-refractivity contribution >= 4 is 38.1 Å². The van der Waals surface area contributed by atoms with Crippen LogP contribution < -0.4 is 11.1 Å². The number of hydrogen-bond donors (Lipinski definition) is 3. The van der Waals surface area contributed by atoms with Gasteiger partial charge in [0, 0.05) is 5.54 Å². The van der Waals surface area contributed by atoms with Crippen LogP contribution in [0.3, 0.4) is 0 Å². The zero-order chi connectivity index (χ0) is 28.1. The third-order valence-corrected chi connectivity index (χ3v) is 5.32. The molecule has 4 N–H and O–H groups in total. The molecule has 12 heteroatoms. The predicted octanol–water partition coefficient (Wildman–Crippen LogP) is 2.48. The number of carbonyl (C=O) groups excluding carboxylic acids is 2. The minimum atomic E-state index is -3.98. The van der Waals surface area contributed by atoms with Crippen LogP contribution in [-0.4, -0.2) is 57.4 Å². The lowest BCUT2D eigenvalue weighted by atomic mass is 10.0. The van der Waals surface area contributed by atoms with Gasteiger partial charge in [-0.2, -0.15) is 16.8 Å². The highest BCUT2D eigenvalue weighted by atomic mass is 32.2. The number of hydrogen-bond acceptors (Lipinski definition) is 7. The lowest BCUT2D eigenvalue weighted by molar-refractivity contribution is -0.118. The van der Waals surface area contributed by atoms with Gasteiger partial charge in [0.15, 0.2) is 0 Å². The van der Waals surface area contributed by atoms with E-state index in [9.17, 15) is 26.4 Å². The lowest BCUT2D eigenvalue weighted by Crippen LogP contribution is -2.43. The minimum absolute atomic E-state index is 0.122. The zero-order valence-electron chi connectivity index (χ0n) is 20.3. The van der Waals surface area contributed by atoms with Crippen molar-refractivity contribution in [1.82, 2.24) is 5.32 Å². The second-order valence-corrected chi connectivity index (χ2v) is 10.4. The van der Waals surface area contributed by atoms with E-state index in [0.29, 0.717) is 0 Å². The highest BCUT2D eigenvalue weighted by molar-refractivity contribution is 7.86. The summed E-state index contributed by atoms with van der Waals surface area (Å²) in [4.78, 5) is 20.4. The summed E-state index contributed by atoms with van der Waals surface area (Å²) in [6, 6.07) is 10.0. The average Bonchev–Trinajstić information content (AvgIpc) is 2.79. The summed E-state index contributed by atoms with van der Waals surface area (Å²) >= 11 is 0. The smallest absolute Gasteiger partial charge is 0.270 e. The van der Waals surface area contributed by atoms with E-state index < -0.39 is 31.7 Å². The molecule has 0 saturated carbocycles. The van der Waals surface area contributed by atoms with Gasteiger partial charge in [0.1, 0.15) is 0 Å². The quantitative estimate of drug-likeness (QED) is 0.179. The van der Waals surface area contributed by atoms with Gasteiger partial charge in [0.25, 0.3) is 20.2 Å². The molecule has 0 aliphatic heterocycles. The van der Waals surface area contributed by atoms with E-state index in [1.54, 1.807) is 13.8 Å². The van der Waals surface area contributed by atoms with Crippen molar-refractivity contribution in [2.45, 2.75) is 25.8 Å². The molecule has 0 bridgehead atoms. The van der Waals surface area contributed by atoms with Crippen LogP contribution in [0.4, 0.5) is 0 Å². The summed E-state index contributed by atoms with van der Waals surface area (Å²) < 4.78 is 54.1. The van der Waals surface area contributed by atoms with Crippen molar-refractivity contribution < 1.29 is 35.2 Å². The molecule has 0 spiro atoms. The summed E-state index contributed by atoms with van der Waals surface area (Å²) in [5, 5.41) is 2.55. The van der Waals surface area contributed by atoms with Crippen molar-refractivity contribution in [1.29, 1.82) is 0 Å². The predicted molar refractivity (Wildman–Crippen MR) is 140 cm³/mol. The molecule has 0 radical (unpaired) electrons. The Kier molecular flexibility index (Phi) is 20.1. The Bertz CT molecular complexity index is 1020.